The van der Waals surface area contributed by atoms with Crippen molar-refractivity contribution in [3.63, 3.8) is 0 Å². The molecule has 1 N–H and O–H groups in total. The van der Waals surface area contributed by atoms with Crippen molar-refractivity contribution in [2.75, 3.05) is 13.1 Å². The molecule has 0 aliphatic carbocycles. The van der Waals surface area contributed by atoms with Crippen molar-refractivity contribution in [3.8, 4) is 10.6 Å². The maximum atomic E-state index is 5.97. The lowest BCUT2D eigenvalue weighted by Gasteiger charge is -2.01. The molecule has 102 valence electrons. The molecular weight excluding hydrogens is 278 g/mol. The lowest BCUT2D eigenvalue weighted by molar-refractivity contribution is 0.669. The summed E-state index contributed by atoms with van der Waals surface area (Å²) >= 11 is 7.64. The Morgan fingerprint density at radius 3 is 2.89 bits per heavy atom. The van der Waals surface area contributed by atoms with E-state index < -0.39 is 0 Å². The molecule has 0 aliphatic rings. The molecule has 1 heterocycles. The number of nitrogens with one attached hydrogen (secondary N) is 1. The van der Waals surface area contributed by atoms with Crippen LogP contribution in [0.2, 0.25) is 5.02 Å². The van der Waals surface area contributed by atoms with Gasteiger partial charge in [-0.2, -0.15) is 0 Å². The molecule has 0 saturated carbocycles. The number of aromatic nitrogens is 2. The average Bonchev–Trinajstić information content (AvgIpc) is 2.83. The molecule has 0 unspecified atom stereocenters. The summed E-state index contributed by atoms with van der Waals surface area (Å²) in [6.45, 7) is 6.22. The van der Waals surface area contributed by atoms with Gasteiger partial charge in [0.2, 0.25) is 0 Å². The van der Waals surface area contributed by atoms with E-state index >= 15 is 0 Å². The van der Waals surface area contributed by atoms with E-state index in [0.717, 1.165) is 52.1 Å². The third-order valence-electron chi connectivity index (χ3n) is 2.88. The smallest absolute Gasteiger partial charge is 0.148 e. The summed E-state index contributed by atoms with van der Waals surface area (Å²) in [5, 5.41) is 14.7. The number of hydrogen-bond donors (Lipinski definition) is 1. The molecule has 0 radical (unpaired) electrons. The van der Waals surface area contributed by atoms with E-state index in [1.54, 1.807) is 11.3 Å². The molecule has 2 aromatic rings. The molecule has 1 aromatic carbocycles. The summed E-state index contributed by atoms with van der Waals surface area (Å²) in [6, 6.07) is 5.87. The molecule has 19 heavy (non-hydrogen) atoms. The zero-order valence-corrected chi connectivity index (χ0v) is 12.8. The fraction of sp³-hybridized carbons (Fsp3) is 0.429. The van der Waals surface area contributed by atoms with E-state index in [2.05, 4.69) is 22.4 Å². The highest BCUT2D eigenvalue weighted by atomic mass is 35.5. The molecule has 0 saturated heterocycles. The van der Waals surface area contributed by atoms with Gasteiger partial charge in [0.1, 0.15) is 10.0 Å². The first-order chi connectivity index (χ1) is 9.20. The van der Waals surface area contributed by atoms with Gasteiger partial charge in [0.15, 0.2) is 0 Å². The van der Waals surface area contributed by atoms with Crippen LogP contribution in [0.1, 0.15) is 23.9 Å². The fourth-order valence-electron chi connectivity index (χ4n) is 1.87. The van der Waals surface area contributed by atoms with Gasteiger partial charge in [-0.1, -0.05) is 35.9 Å². The second-order valence-corrected chi connectivity index (χ2v) is 5.92. The lowest BCUT2D eigenvalue weighted by Crippen LogP contribution is -2.14. The van der Waals surface area contributed by atoms with Crippen LogP contribution in [0.3, 0.4) is 0 Å². The summed E-state index contributed by atoms with van der Waals surface area (Å²) < 4.78 is 0. The Labute approximate surface area is 123 Å². The molecule has 0 fully saturated rings. The lowest BCUT2D eigenvalue weighted by atomic mass is 10.1. The van der Waals surface area contributed by atoms with Crippen LogP contribution in [0.4, 0.5) is 0 Å². The van der Waals surface area contributed by atoms with Crippen molar-refractivity contribution >= 4 is 22.9 Å². The van der Waals surface area contributed by atoms with Gasteiger partial charge in [-0.05, 0) is 44.1 Å². The average molecular weight is 296 g/mol. The third-order valence-corrected chi connectivity index (χ3v) is 4.13. The first kappa shape index (κ1) is 14.4. The summed E-state index contributed by atoms with van der Waals surface area (Å²) in [5.74, 6) is 0. The van der Waals surface area contributed by atoms with E-state index in [1.807, 2.05) is 25.1 Å². The van der Waals surface area contributed by atoms with Crippen LogP contribution in [0, 0.1) is 6.92 Å². The summed E-state index contributed by atoms with van der Waals surface area (Å²) in [5.41, 5.74) is 2.27. The third kappa shape index (κ3) is 4.00. The molecule has 2 rings (SSSR count). The quantitative estimate of drug-likeness (QED) is 0.826. The summed E-state index contributed by atoms with van der Waals surface area (Å²) in [6.07, 6.45) is 2.08. The van der Waals surface area contributed by atoms with Crippen molar-refractivity contribution < 1.29 is 0 Å². The van der Waals surface area contributed by atoms with Crippen molar-refractivity contribution in [1.29, 1.82) is 0 Å². The highest BCUT2D eigenvalue weighted by Gasteiger charge is 2.09. The predicted molar refractivity (Wildman–Crippen MR) is 82.0 cm³/mol. The van der Waals surface area contributed by atoms with Crippen molar-refractivity contribution in [2.45, 2.75) is 26.7 Å². The Hall–Kier alpha value is -0.970. The van der Waals surface area contributed by atoms with Gasteiger partial charge < -0.3 is 5.32 Å². The topological polar surface area (TPSA) is 37.8 Å². The van der Waals surface area contributed by atoms with E-state index in [4.69, 9.17) is 11.6 Å². The van der Waals surface area contributed by atoms with Gasteiger partial charge in [0, 0.05) is 17.0 Å². The van der Waals surface area contributed by atoms with E-state index in [0.29, 0.717) is 0 Å². The van der Waals surface area contributed by atoms with Crippen LogP contribution < -0.4 is 5.32 Å². The van der Waals surface area contributed by atoms with Crippen LogP contribution in [-0.4, -0.2) is 23.3 Å². The highest BCUT2D eigenvalue weighted by molar-refractivity contribution is 7.14. The molecule has 0 spiro atoms. The Kier molecular flexibility index (Phi) is 5.31. The monoisotopic (exact) mass is 295 g/mol. The molecule has 0 amide bonds. The van der Waals surface area contributed by atoms with Crippen LogP contribution in [0.15, 0.2) is 18.2 Å². The highest BCUT2D eigenvalue weighted by Crippen LogP contribution is 2.28. The number of aryl methyl sites for hydroxylation is 2. The molecule has 0 atom stereocenters. The Balaban J connectivity index is 2.04. The molecule has 1 aromatic heterocycles. The number of rotatable bonds is 6. The van der Waals surface area contributed by atoms with Gasteiger partial charge in [0.05, 0.1) is 0 Å². The summed E-state index contributed by atoms with van der Waals surface area (Å²) in [4.78, 5) is 0. The zero-order chi connectivity index (χ0) is 13.7. The SMILES string of the molecule is CCNCCCc1nnc(-c2ccc(Cl)cc2C)s1. The van der Waals surface area contributed by atoms with Crippen molar-refractivity contribution in [3.05, 3.63) is 33.8 Å². The summed E-state index contributed by atoms with van der Waals surface area (Å²) in [7, 11) is 0. The molecule has 0 bridgehead atoms. The van der Waals surface area contributed by atoms with Crippen molar-refractivity contribution in [2.24, 2.45) is 0 Å². The Morgan fingerprint density at radius 2 is 2.16 bits per heavy atom. The first-order valence-corrected chi connectivity index (χ1v) is 7.69. The predicted octanol–water partition coefficient (Wildman–Crippen LogP) is 3.71. The number of hydrogen-bond acceptors (Lipinski definition) is 4. The maximum absolute atomic E-state index is 5.97. The van der Waals surface area contributed by atoms with E-state index in [1.165, 1.54) is 0 Å². The fourth-order valence-corrected chi connectivity index (χ4v) is 3.07. The number of halogens is 1. The second kappa shape index (κ2) is 6.98. The first-order valence-electron chi connectivity index (χ1n) is 6.50. The number of nitrogens with zero attached hydrogens (tertiary/aromatic N) is 2. The molecule has 5 heteroatoms. The standard InChI is InChI=1S/C14H18ClN3S/c1-3-16-8-4-5-13-17-18-14(19-13)12-7-6-11(15)9-10(12)2/h6-7,9,16H,3-5,8H2,1-2H3. The van der Waals surface area contributed by atoms with Crippen LogP contribution in [-0.2, 0) is 6.42 Å². The molecule has 3 nitrogen and oxygen atoms in total. The second-order valence-electron chi connectivity index (χ2n) is 4.42. The maximum Gasteiger partial charge on any atom is 0.148 e. The van der Waals surface area contributed by atoms with Crippen molar-refractivity contribution in [1.82, 2.24) is 15.5 Å². The minimum absolute atomic E-state index is 0.761. The number of benzene rings is 1. The Bertz CT molecular complexity index is 539. The zero-order valence-electron chi connectivity index (χ0n) is 11.2. The van der Waals surface area contributed by atoms with Gasteiger partial charge in [0.25, 0.3) is 0 Å². The minimum Gasteiger partial charge on any atom is -0.317 e. The normalized spacial score (nSPS) is 10.9. The minimum atomic E-state index is 0.761. The van der Waals surface area contributed by atoms with Crippen LogP contribution in [0.5, 0.6) is 0 Å². The molecule has 0 aliphatic heterocycles. The van der Waals surface area contributed by atoms with Crippen LogP contribution >= 0.6 is 22.9 Å². The largest absolute Gasteiger partial charge is 0.317 e. The van der Waals surface area contributed by atoms with Gasteiger partial charge in [-0.15, -0.1) is 10.2 Å². The van der Waals surface area contributed by atoms with E-state index in [-0.39, 0.29) is 0 Å². The van der Waals surface area contributed by atoms with Crippen LogP contribution in [0.25, 0.3) is 10.6 Å². The van der Waals surface area contributed by atoms with E-state index in [9.17, 15) is 0 Å². The molecular formula is C14H18ClN3S. The Morgan fingerprint density at radius 1 is 1.32 bits per heavy atom. The van der Waals surface area contributed by atoms with Gasteiger partial charge >= 0.3 is 0 Å². The van der Waals surface area contributed by atoms with Gasteiger partial charge in [-0.25, -0.2) is 0 Å². The van der Waals surface area contributed by atoms with Gasteiger partial charge in [-0.3, -0.25) is 0 Å².